The van der Waals surface area contributed by atoms with Crippen molar-refractivity contribution in [2.75, 3.05) is 6.61 Å². The largest absolute Gasteiger partial charge is 0.492 e. The molecule has 0 amide bonds. The third kappa shape index (κ3) is 3.06. The maximum Gasteiger partial charge on any atom is 0.137 e. The number of nitrogens with two attached hydrogens (primary N) is 1. The van der Waals surface area contributed by atoms with Gasteiger partial charge in [0.25, 0.3) is 0 Å². The Morgan fingerprint density at radius 2 is 2.05 bits per heavy atom. The molecule has 0 spiro atoms. The Morgan fingerprint density at radius 1 is 1.26 bits per heavy atom. The monoisotopic (exact) mass is 276 g/mol. The molecule has 0 aliphatic rings. The van der Waals surface area contributed by atoms with E-state index in [9.17, 15) is 0 Å². The molecule has 0 aliphatic carbocycles. The predicted octanol–water partition coefficient (Wildman–Crippen LogP) is 3.36. The van der Waals surface area contributed by atoms with Crippen LogP contribution in [0.3, 0.4) is 0 Å². The van der Waals surface area contributed by atoms with Crippen LogP contribution < -0.4 is 10.5 Å². The highest BCUT2D eigenvalue weighted by atomic mass is 35.5. The first-order valence-corrected chi connectivity index (χ1v) is 6.55. The molecule has 0 saturated carbocycles. The first-order chi connectivity index (χ1) is 9.04. The SMILES string of the molecule is CCOc1cncc(C(C)(N)c2cccc(Cl)c2)c1. The minimum atomic E-state index is -0.662. The minimum absolute atomic E-state index is 0.601. The lowest BCUT2D eigenvalue weighted by Crippen LogP contribution is -2.34. The quantitative estimate of drug-likeness (QED) is 0.931. The van der Waals surface area contributed by atoms with Gasteiger partial charge < -0.3 is 10.5 Å². The number of benzene rings is 1. The van der Waals surface area contributed by atoms with E-state index in [1.54, 1.807) is 12.4 Å². The van der Waals surface area contributed by atoms with Crippen molar-refractivity contribution >= 4 is 11.6 Å². The number of hydrogen-bond acceptors (Lipinski definition) is 3. The fraction of sp³-hybridized carbons (Fsp3) is 0.267. The van der Waals surface area contributed by atoms with Crippen LogP contribution in [0.1, 0.15) is 25.0 Å². The smallest absolute Gasteiger partial charge is 0.137 e. The van der Waals surface area contributed by atoms with E-state index < -0.39 is 5.54 Å². The molecule has 100 valence electrons. The number of pyridine rings is 1. The van der Waals surface area contributed by atoms with E-state index in [0.717, 1.165) is 16.9 Å². The number of ether oxygens (including phenoxy) is 1. The van der Waals surface area contributed by atoms with Crippen LogP contribution in [0.15, 0.2) is 42.7 Å². The molecule has 2 aromatic rings. The van der Waals surface area contributed by atoms with Crippen molar-refractivity contribution in [1.82, 2.24) is 4.98 Å². The molecule has 1 aromatic carbocycles. The lowest BCUT2D eigenvalue weighted by Gasteiger charge is -2.26. The van der Waals surface area contributed by atoms with Crippen molar-refractivity contribution in [2.24, 2.45) is 5.73 Å². The number of nitrogens with zero attached hydrogens (tertiary/aromatic N) is 1. The third-order valence-electron chi connectivity index (χ3n) is 3.05. The van der Waals surface area contributed by atoms with Gasteiger partial charge in [-0.2, -0.15) is 0 Å². The van der Waals surface area contributed by atoms with Crippen LogP contribution in [0.2, 0.25) is 5.02 Å². The number of halogens is 1. The molecule has 0 aliphatic heterocycles. The van der Waals surface area contributed by atoms with Crippen molar-refractivity contribution < 1.29 is 4.74 Å². The molecule has 0 saturated heterocycles. The summed E-state index contributed by atoms with van der Waals surface area (Å²) in [6.45, 7) is 4.47. The highest BCUT2D eigenvalue weighted by Gasteiger charge is 2.24. The Hall–Kier alpha value is -1.58. The zero-order valence-electron chi connectivity index (χ0n) is 11.1. The van der Waals surface area contributed by atoms with Crippen molar-refractivity contribution in [3.05, 3.63) is 58.9 Å². The second kappa shape index (κ2) is 5.59. The molecule has 3 nitrogen and oxygen atoms in total. The van der Waals surface area contributed by atoms with Gasteiger partial charge in [0, 0.05) is 11.2 Å². The Labute approximate surface area is 118 Å². The topological polar surface area (TPSA) is 48.1 Å². The van der Waals surface area contributed by atoms with Gasteiger partial charge in [-0.05, 0) is 43.2 Å². The summed E-state index contributed by atoms with van der Waals surface area (Å²) >= 11 is 6.02. The van der Waals surface area contributed by atoms with Crippen LogP contribution in [-0.2, 0) is 5.54 Å². The average Bonchev–Trinajstić information content (AvgIpc) is 2.39. The normalized spacial score (nSPS) is 13.9. The molecule has 1 unspecified atom stereocenters. The molecule has 0 radical (unpaired) electrons. The third-order valence-corrected chi connectivity index (χ3v) is 3.28. The standard InChI is InChI=1S/C15H17ClN2O/c1-3-19-14-8-12(9-18-10-14)15(2,17)11-5-4-6-13(16)7-11/h4-10H,3,17H2,1-2H3. The zero-order valence-corrected chi connectivity index (χ0v) is 11.8. The van der Waals surface area contributed by atoms with Gasteiger partial charge in [-0.15, -0.1) is 0 Å². The first-order valence-electron chi connectivity index (χ1n) is 6.17. The molecule has 19 heavy (non-hydrogen) atoms. The molecule has 1 atom stereocenters. The summed E-state index contributed by atoms with van der Waals surface area (Å²) < 4.78 is 5.46. The number of rotatable bonds is 4. The van der Waals surface area contributed by atoms with Gasteiger partial charge in [-0.3, -0.25) is 4.98 Å². The second-order valence-corrected chi connectivity index (χ2v) is 4.99. The maximum absolute atomic E-state index is 6.44. The lowest BCUT2D eigenvalue weighted by molar-refractivity contribution is 0.337. The van der Waals surface area contributed by atoms with E-state index in [1.165, 1.54) is 0 Å². The van der Waals surface area contributed by atoms with Gasteiger partial charge in [0.15, 0.2) is 0 Å². The van der Waals surface area contributed by atoms with Crippen molar-refractivity contribution in [1.29, 1.82) is 0 Å². The first kappa shape index (κ1) is 13.8. The molecule has 1 aromatic heterocycles. The van der Waals surface area contributed by atoms with Crippen LogP contribution in [0.4, 0.5) is 0 Å². The van der Waals surface area contributed by atoms with Crippen LogP contribution >= 0.6 is 11.6 Å². The molecule has 0 fully saturated rings. The molecule has 4 heteroatoms. The van der Waals surface area contributed by atoms with E-state index in [0.29, 0.717) is 11.6 Å². The van der Waals surface area contributed by atoms with Gasteiger partial charge in [0.1, 0.15) is 5.75 Å². The highest BCUT2D eigenvalue weighted by Crippen LogP contribution is 2.29. The van der Waals surface area contributed by atoms with E-state index in [-0.39, 0.29) is 0 Å². The van der Waals surface area contributed by atoms with Crippen LogP contribution in [0.25, 0.3) is 0 Å². The summed E-state index contributed by atoms with van der Waals surface area (Å²) in [6.07, 6.45) is 3.43. The van der Waals surface area contributed by atoms with E-state index in [4.69, 9.17) is 22.1 Å². The van der Waals surface area contributed by atoms with E-state index >= 15 is 0 Å². The summed E-state index contributed by atoms with van der Waals surface area (Å²) in [5, 5.41) is 0.670. The van der Waals surface area contributed by atoms with Crippen molar-refractivity contribution in [2.45, 2.75) is 19.4 Å². The van der Waals surface area contributed by atoms with Gasteiger partial charge in [-0.1, -0.05) is 23.7 Å². The second-order valence-electron chi connectivity index (χ2n) is 4.56. The molecule has 2 rings (SSSR count). The van der Waals surface area contributed by atoms with Gasteiger partial charge in [0.05, 0.1) is 18.3 Å². The molecule has 2 N–H and O–H groups in total. The maximum atomic E-state index is 6.44. The Kier molecular flexibility index (Phi) is 4.08. The van der Waals surface area contributed by atoms with Gasteiger partial charge in [0.2, 0.25) is 0 Å². The number of hydrogen-bond donors (Lipinski definition) is 1. The Bertz CT molecular complexity index is 570. The van der Waals surface area contributed by atoms with Crippen molar-refractivity contribution in [3.63, 3.8) is 0 Å². The summed E-state index contributed by atoms with van der Waals surface area (Å²) in [7, 11) is 0. The predicted molar refractivity (Wildman–Crippen MR) is 77.5 cm³/mol. The van der Waals surface area contributed by atoms with Crippen LogP contribution in [0.5, 0.6) is 5.75 Å². The number of aromatic nitrogens is 1. The van der Waals surface area contributed by atoms with Crippen LogP contribution in [-0.4, -0.2) is 11.6 Å². The Balaban J connectivity index is 2.41. The fourth-order valence-corrected chi connectivity index (χ4v) is 2.12. The average molecular weight is 277 g/mol. The molecular weight excluding hydrogens is 260 g/mol. The summed E-state index contributed by atoms with van der Waals surface area (Å²) in [5.41, 5.74) is 7.61. The summed E-state index contributed by atoms with van der Waals surface area (Å²) in [4.78, 5) is 4.18. The van der Waals surface area contributed by atoms with E-state index in [1.807, 2.05) is 44.2 Å². The highest BCUT2D eigenvalue weighted by molar-refractivity contribution is 6.30. The zero-order chi connectivity index (χ0) is 13.9. The van der Waals surface area contributed by atoms with Crippen LogP contribution in [0, 0.1) is 0 Å². The Morgan fingerprint density at radius 3 is 2.74 bits per heavy atom. The van der Waals surface area contributed by atoms with Gasteiger partial charge >= 0.3 is 0 Å². The minimum Gasteiger partial charge on any atom is -0.492 e. The summed E-state index contributed by atoms with van der Waals surface area (Å²) in [6, 6.07) is 9.46. The lowest BCUT2D eigenvalue weighted by atomic mass is 9.86. The molecule has 0 bridgehead atoms. The molecule has 1 heterocycles. The van der Waals surface area contributed by atoms with E-state index in [2.05, 4.69) is 4.98 Å². The van der Waals surface area contributed by atoms with Crippen molar-refractivity contribution in [3.8, 4) is 5.75 Å². The molecular formula is C15H17ClN2O. The summed E-state index contributed by atoms with van der Waals surface area (Å²) in [5.74, 6) is 0.721. The van der Waals surface area contributed by atoms with Gasteiger partial charge in [-0.25, -0.2) is 0 Å². The fourth-order valence-electron chi connectivity index (χ4n) is 1.93.